The lowest BCUT2D eigenvalue weighted by Crippen LogP contribution is -2.35. The number of hydrogen-bond acceptors (Lipinski definition) is 8. The van der Waals surface area contributed by atoms with E-state index in [4.69, 9.17) is 14.6 Å². The SMILES string of the molecule is CCCCOCCOc1ccc(-c2ccc3c(c2)/C=C(/C(=O)Nc2ccc([S@@+]([O-])Cc4c(C)ncn4CCC)cc2)CCCN3CCNCC(=O)O)cc1. The van der Waals surface area contributed by atoms with Gasteiger partial charge in [0.05, 0.1) is 30.9 Å². The first-order valence-corrected chi connectivity index (χ1v) is 20.2. The van der Waals surface area contributed by atoms with Gasteiger partial charge in [-0.3, -0.25) is 9.59 Å². The molecule has 1 aromatic heterocycles. The van der Waals surface area contributed by atoms with Crippen molar-refractivity contribution in [1.82, 2.24) is 14.9 Å². The van der Waals surface area contributed by atoms with Crippen molar-refractivity contribution in [2.24, 2.45) is 0 Å². The monoisotopic (exact) mass is 755 g/mol. The summed E-state index contributed by atoms with van der Waals surface area (Å²) in [5.74, 6) is 0.0785. The number of unbranched alkanes of at least 4 members (excludes halogenated alkanes) is 1. The molecule has 12 heteroatoms. The number of aromatic nitrogens is 2. The maximum Gasteiger partial charge on any atom is 0.317 e. The van der Waals surface area contributed by atoms with Gasteiger partial charge in [0.1, 0.15) is 12.4 Å². The third kappa shape index (κ3) is 11.7. The van der Waals surface area contributed by atoms with Gasteiger partial charge in [-0.15, -0.1) is 0 Å². The van der Waals surface area contributed by atoms with Gasteiger partial charge in [0.15, 0.2) is 10.6 Å². The molecule has 0 saturated carbocycles. The predicted octanol–water partition coefficient (Wildman–Crippen LogP) is 7.07. The van der Waals surface area contributed by atoms with Crippen LogP contribution in [0.1, 0.15) is 62.9 Å². The number of rotatable bonds is 20. The average molecular weight is 756 g/mol. The summed E-state index contributed by atoms with van der Waals surface area (Å²) in [7, 11) is 0. The molecule has 2 heterocycles. The second-order valence-electron chi connectivity index (χ2n) is 13.4. The zero-order chi connectivity index (χ0) is 38.3. The minimum Gasteiger partial charge on any atom is -0.611 e. The molecule has 54 heavy (non-hydrogen) atoms. The van der Waals surface area contributed by atoms with E-state index in [9.17, 15) is 14.1 Å². The van der Waals surface area contributed by atoms with Crippen molar-refractivity contribution < 1.29 is 28.7 Å². The van der Waals surface area contributed by atoms with Crippen LogP contribution in [0.3, 0.4) is 0 Å². The zero-order valence-electron chi connectivity index (χ0n) is 31.6. The van der Waals surface area contributed by atoms with Crippen LogP contribution in [-0.4, -0.2) is 77.1 Å². The van der Waals surface area contributed by atoms with Crippen molar-refractivity contribution in [3.05, 3.63) is 95.6 Å². The second kappa shape index (κ2) is 20.7. The number of carbonyl (C=O) groups is 2. The minimum atomic E-state index is -1.26. The fraction of sp³-hybridized carbons (Fsp3) is 0.405. The summed E-state index contributed by atoms with van der Waals surface area (Å²) in [6.45, 7) is 10.5. The number of carboxylic acids is 1. The Kier molecular flexibility index (Phi) is 15.6. The van der Waals surface area contributed by atoms with Gasteiger partial charge in [-0.2, -0.15) is 0 Å². The second-order valence-corrected chi connectivity index (χ2v) is 14.8. The number of nitrogens with zero attached hydrogens (tertiary/aromatic N) is 3. The molecule has 0 saturated heterocycles. The van der Waals surface area contributed by atoms with Gasteiger partial charge in [-0.05, 0) is 115 Å². The minimum absolute atomic E-state index is 0.101. The molecule has 0 bridgehead atoms. The molecule has 0 aliphatic carbocycles. The molecular formula is C42H53N5O6S. The number of amides is 1. The highest BCUT2D eigenvalue weighted by Crippen LogP contribution is 2.33. The summed E-state index contributed by atoms with van der Waals surface area (Å²) < 4.78 is 26.8. The molecule has 1 aliphatic rings. The molecule has 0 spiro atoms. The Hall–Kier alpha value is -4.62. The maximum atomic E-state index is 13.8. The highest BCUT2D eigenvalue weighted by Gasteiger charge is 2.21. The molecule has 4 aromatic rings. The van der Waals surface area contributed by atoms with Crippen LogP contribution in [0.5, 0.6) is 5.75 Å². The van der Waals surface area contributed by atoms with Crippen molar-refractivity contribution in [2.45, 2.75) is 70.1 Å². The predicted molar refractivity (Wildman–Crippen MR) is 215 cm³/mol. The van der Waals surface area contributed by atoms with Crippen molar-refractivity contribution in [3.8, 4) is 16.9 Å². The van der Waals surface area contributed by atoms with E-state index < -0.39 is 17.1 Å². The normalized spacial score (nSPS) is 14.4. The number of aryl methyl sites for hydroxylation is 2. The van der Waals surface area contributed by atoms with E-state index in [1.54, 1.807) is 12.1 Å². The van der Waals surface area contributed by atoms with Crippen LogP contribution in [-0.2, 0) is 37.8 Å². The number of carboxylic acid groups (broad SMARTS) is 1. The molecule has 0 fully saturated rings. The van der Waals surface area contributed by atoms with Crippen LogP contribution in [0.15, 0.2) is 83.5 Å². The van der Waals surface area contributed by atoms with Crippen LogP contribution >= 0.6 is 0 Å². The maximum absolute atomic E-state index is 13.8. The smallest absolute Gasteiger partial charge is 0.317 e. The summed E-state index contributed by atoms with van der Waals surface area (Å²) in [5, 5.41) is 15.1. The highest BCUT2D eigenvalue weighted by atomic mass is 32.2. The van der Waals surface area contributed by atoms with Crippen LogP contribution in [0.2, 0.25) is 0 Å². The number of hydrogen-bond donors (Lipinski definition) is 3. The Bertz CT molecular complexity index is 1840. The van der Waals surface area contributed by atoms with Crippen molar-refractivity contribution in [3.63, 3.8) is 0 Å². The molecule has 288 valence electrons. The Morgan fingerprint density at radius 2 is 1.74 bits per heavy atom. The molecule has 1 amide bonds. The molecule has 3 aromatic carbocycles. The molecular weight excluding hydrogens is 703 g/mol. The number of fused-ring (bicyclic) bond motifs is 1. The van der Waals surface area contributed by atoms with Gasteiger partial charge in [-0.1, -0.05) is 38.5 Å². The van der Waals surface area contributed by atoms with Gasteiger partial charge in [-0.25, -0.2) is 4.98 Å². The fourth-order valence-corrected chi connectivity index (χ4v) is 7.58. The Labute approximate surface area is 322 Å². The molecule has 3 N–H and O–H groups in total. The van der Waals surface area contributed by atoms with E-state index in [0.29, 0.717) is 61.2 Å². The Morgan fingerprint density at radius 1 is 0.963 bits per heavy atom. The largest absolute Gasteiger partial charge is 0.611 e. The highest BCUT2D eigenvalue weighted by molar-refractivity contribution is 7.90. The molecule has 5 rings (SSSR count). The summed E-state index contributed by atoms with van der Waals surface area (Å²) in [5.41, 5.74) is 7.06. The van der Waals surface area contributed by atoms with E-state index in [-0.39, 0.29) is 12.5 Å². The first kappa shape index (κ1) is 40.6. The molecule has 0 unspecified atom stereocenters. The van der Waals surface area contributed by atoms with Crippen molar-refractivity contribution in [2.75, 3.05) is 56.2 Å². The molecule has 1 atom stereocenters. The Morgan fingerprint density at radius 3 is 2.48 bits per heavy atom. The number of ether oxygens (including phenoxy) is 2. The standard InChI is InChI=1S/C42H53N5O6S/c1-4-6-23-52-24-25-53-37-14-9-32(10-15-37)33-11-18-39-35(26-33)27-34(8-7-21-46(39)22-19-43-28-41(48)49)42(50)45-36-12-16-38(17-13-36)54(51)29-40-31(3)44-30-47(40)20-5-2/h9-18,26-27,30,43H,4-8,19-25,28-29H2,1-3H3,(H,45,50)(H,48,49)/b34-27+/t54-/m0/s1. The van der Waals surface area contributed by atoms with Crippen LogP contribution in [0.25, 0.3) is 17.2 Å². The lowest BCUT2D eigenvalue weighted by Gasteiger charge is -2.29. The van der Waals surface area contributed by atoms with Gasteiger partial charge in [0, 0.05) is 49.7 Å². The van der Waals surface area contributed by atoms with E-state index in [2.05, 4.69) is 57.1 Å². The van der Waals surface area contributed by atoms with E-state index >= 15 is 0 Å². The average Bonchev–Trinajstić information content (AvgIpc) is 3.50. The van der Waals surface area contributed by atoms with E-state index in [1.807, 2.05) is 55.7 Å². The van der Waals surface area contributed by atoms with E-state index in [1.165, 1.54) is 0 Å². The topological polar surface area (TPSA) is 141 Å². The first-order valence-electron chi connectivity index (χ1n) is 18.9. The van der Waals surface area contributed by atoms with Crippen molar-refractivity contribution >= 4 is 40.5 Å². The lowest BCUT2D eigenvalue weighted by molar-refractivity contribution is -0.135. The Balaban J connectivity index is 1.31. The van der Waals surface area contributed by atoms with E-state index in [0.717, 1.165) is 78.4 Å². The van der Waals surface area contributed by atoms with Gasteiger partial charge in [0.2, 0.25) is 0 Å². The van der Waals surface area contributed by atoms with Crippen LogP contribution in [0.4, 0.5) is 11.4 Å². The lowest BCUT2D eigenvalue weighted by atomic mass is 9.96. The van der Waals surface area contributed by atoms with Gasteiger partial charge in [0.25, 0.3) is 5.91 Å². The zero-order valence-corrected chi connectivity index (χ0v) is 32.5. The van der Waals surface area contributed by atoms with Crippen LogP contribution in [0, 0.1) is 6.92 Å². The van der Waals surface area contributed by atoms with Gasteiger partial charge < -0.3 is 39.2 Å². The van der Waals surface area contributed by atoms with Crippen molar-refractivity contribution in [1.29, 1.82) is 0 Å². The molecule has 1 aliphatic heterocycles. The summed E-state index contributed by atoms with van der Waals surface area (Å²) in [6, 6.07) is 21.4. The van der Waals surface area contributed by atoms with Crippen LogP contribution < -0.4 is 20.3 Å². The number of aliphatic carboxylic acids is 1. The quantitative estimate of drug-likeness (QED) is 0.0638. The summed E-state index contributed by atoms with van der Waals surface area (Å²) in [4.78, 5) is 32.2. The number of nitrogens with one attached hydrogen (secondary N) is 2. The number of carbonyl (C=O) groups excluding carboxylic acids is 1. The third-order valence-corrected chi connectivity index (χ3v) is 10.6. The summed E-state index contributed by atoms with van der Waals surface area (Å²) in [6.07, 6.45) is 8.20. The number of imidazole rings is 1. The third-order valence-electron chi connectivity index (χ3n) is 9.29. The molecule has 11 nitrogen and oxygen atoms in total. The fourth-order valence-electron chi connectivity index (χ4n) is 6.35. The molecule has 0 radical (unpaired) electrons. The summed E-state index contributed by atoms with van der Waals surface area (Å²) >= 11 is -1.26. The number of benzene rings is 3. The first-order chi connectivity index (χ1) is 26.2. The number of anilines is 2. The van der Waals surface area contributed by atoms with Gasteiger partial charge >= 0.3 is 5.97 Å².